The van der Waals surface area contributed by atoms with Crippen LogP contribution in [-0.4, -0.2) is 16.6 Å². The van der Waals surface area contributed by atoms with Crippen molar-refractivity contribution >= 4 is 5.97 Å². The number of rotatable bonds is 3. The van der Waals surface area contributed by atoms with Gasteiger partial charge in [-0.3, -0.25) is 4.79 Å². The van der Waals surface area contributed by atoms with Gasteiger partial charge < -0.3 is 10.8 Å². The number of carboxylic acids is 1. The Hall–Kier alpha value is -0.570. The molecule has 2 atom stereocenters. The predicted molar refractivity (Wildman–Crippen MR) is 56.0 cm³/mol. The molecule has 2 unspecified atom stereocenters. The zero-order valence-electron chi connectivity index (χ0n) is 9.34. The molecule has 0 aromatic carbocycles. The summed E-state index contributed by atoms with van der Waals surface area (Å²) in [5, 5.41) is 8.96. The van der Waals surface area contributed by atoms with E-state index < -0.39 is 11.5 Å². The summed E-state index contributed by atoms with van der Waals surface area (Å²) in [6.07, 6.45) is 3.37. The predicted octanol–water partition coefficient (Wildman–Crippen LogP) is 2.00. The second kappa shape index (κ2) is 3.54. The van der Waals surface area contributed by atoms with Crippen molar-refractivity contribution in [2.75, 3.05) is 0 Å². The van der Waals surface area contributed by atoms with Gasteiger partial charge in [0.25, 0.3) is 0 Å². The molecule has 3 N–H and O–H groups in total. The van der Waals surface area contributed by atoms with Gasteiger partial charge in [0.2, 0.25) is 0 Å². The molecule has 1 aliphatic rings. The van der Waals surface area contributed by atoms with E-state index in [2.05, 4.69) is 6.92 Å². The number of carboxylic acid groups (broad SMARTS) is 1. The second-order valence-electron chi connectivity index (χ2n) is 5.24. The fourth-order valence-electron chi connectivity index (χ4n) is 2.96. The molecule has 0 aromatic rings. The topological polar surface area (TPSA) is 63.3 Å². The van der Waals surface area contributed by atoms with E-state index in [-0.39, 0.29) is 11.8 Å². The first kappa shape index (κ1) is 11.5. The van der Waals surface area contributed by atoms with Crippen LogP contribution in [-0.2, 0) is 4.79 Å². The number of carbonyl (C=O) groups is 1. The maximum absolute atomic E-state index is 10.9. The van der Waals surface area contributed by atoms with Crippen molar-refractivity contribution in [3.63, 3.8) is 0 Å². The van der Waals surface area contributed by atoms with Gasteiger partial charge in [-0.15, -0.1) is 0 Å². The SMILES string of the molecule is CC1CCCC1(CC(=O)O)C(C)(C)N. The third-order valence-corrected chi connectivity index (χ3v) is 3.95. The van der Waals surface area contributed by atoms with Gasteiger partial charge >= 0.3 is 5.97 Å². The summed E-state index contributed by atoms with van der Waals surface area (Å²) in [4.78, 5) is 10.9. The molecule has 1 rings (SSSR count). The van der Waals surface area contributed by atoms with Crippen LogP contribution in [0.3, 0.4) is 0 Å². The lowest BCUT2D eigenvalue weighted by Crippen LogP contribution is -2.53. The Morgan fingerprint density at radius 1 is 1.64 bits per heavy atom. The number of aliphatic carboxylic acids is 1. The van der Waals surface area contributed by atoms with Gasteiger partial charge in [0.15, 0.2) is 0 Å². The first-order chi connectivity index (χ1) is 6.29. The van der Waals surface area contributed by atoms with Crippen molar-refractivity contribution in [2.24, 2.45) is 17.1 Å². The highest BCUT2D eigenvalue weighted by Crippen LogP contribution is 2.51. The Balaban J connectivity index is 2.96. The fourth-order valence-corrected chi connectivity index (χ4v) is 2.96. The summed E-state index contributed by atoms with van der Waals surface area (Å²) >= 11 is 0. The number of nitrogens with two attached hydrogens (primary N) is 1. The van der Waals surface area contributed by atoms with Crippen LogP contribution in [0.2, 0.25) is 0 Å². The highest BCUT2D eigenvalue weighted by Gasteiger charge is 2.50. The average Bonchev–Trinajstić information content (AvgIpc) is 2.30. The molecule has 82 valence electrons. The maximum Gasteiger partial charge on any atom is 0.303 e. The van der Waals surface area contributed by atoms with Gasteiger partial charge in [-0.25, -0.2) is 0 Å². The van der Waals surface area contributed by atoms with Crippen molar-refractivity contribution < 1.29 is 9.90 Å². The van der Waals surface area contributed by atoms with E-state index in [1.807, 2.05) is 13.8 Å². The first-order valence-corrected chi connectivity index (χ1v) is 5.30. The van der Waals surface area contributed by atoms with Gasteiger partial charge in [-0.2, -0.15) is 0 Å². The molecule has 0 aliphatic heterocycles. The lowest BCUT2D eigenvalue weighted by Gasteiger charge is -2.44. The molecule has 0 spiro atoms. The summed E-state index contributed by atoms with van der Waals surface area (Å²) in [6.45, 7) is 6.04. The van der Waals surface area contributed by atoms with E-state index in [0.717, 1.165) is 19.3 Å². The van der Waals surface area contributed by atoms with Crippen LogP contribution in [0.25, 0.3) is 0 Å². The summed E-state index contributed by atoms with van der Waals surface area (Å²) in [5.74, 6) is -0.309. The molecular formula is C11H21NO2. The van der Waals surface area contributed by atoms with E-state index in [9.17, 15) is 4.79 Å². The highest BCUT2D eigenvalue weighted by atomic mass is 16.4. The van der Waals surface area contributed by atoms with Crippen LogP contribution >= 0.6 is 0 Å². The van der Waals surface area contributed by atoms with Gasteiger partial charge in [0, 0.05) is 11.0 Å². The zero-order chi connectivity index (χ0) is 11.0. The molecule has 14 heavy (non-hydrogen) atoms. The van der Waals surface area contributed by atoms with Gasteiger partial charge in [0.1, 0.15) is 0 Å². The standard InChI is InChI=1S/C11H21NO2/c1-8-5-4-6-11(8,7-9(13)14)10(2,3)12/h8H,4-7,12H2,1-3H3,(H,13,14). The van der Waals surface area contributed by atoms with Gasteiger partial charge in [0.05, 0.1) is 6.42 Å². The molecule has 0 heterocycles. The van der Waals surface area contributed by atoms with E-state index in [4.69, 9.17) is 10.8 Å². The molecule has 1 aliphatic carbocycles. The summed E-state index contributed by atoms with van der Waals surface area (Å²) in [5.41, 5.74) is 5.54. The maximum atomic E-state index is 10.9. The molecule has 0 radical (unpaired) electrons. The Kier molecular flexibility index (Phi) is 2.91. The quantitative estimate of drug-likeness (QED) is 0.730. The lowest BCUT2D eigenvalue weighted by atomic mass is 9.64. The third kappa shape index (κ3) is 1.78. The fraction of sp³-hybridized carbons (Fsp3) is 0.909. The minimum absolute atomic E-state index is 0.206. The van der Waals surface area contributed by atoms with Crippen LogP contribution in [0.5, 0.6) is 0 Å². The highest BCUT2D eigenvalue weighted by molar-refractivity contribution is 5.68. The number of hydrogen-bond acceptors (Lipinski definition) is 2. The van der Waals surface area contributed by atoms with Crippen molar-refractivity contribution in [3.8, 4) is 0 Å². The largest absolute Gasteiger partial charge is 0.481 e. The van der Waals surface area contributed by atoms with Crippen molar-refractivity contribution in [3.05, 3.63) is 0 Å². The van der Waals surface area contributed by atoms with E-state index in [1.54, 1.807) is 0 Å². The van der Waals surface area contributed by atoms with Crippen LogP contribution in [0.15, 0.2) is 0 Å². The number of hydrogen-bond donors (Lipinski definition) is 2. The van der Waals surface area contributed by atoms with Gasteiger partial charge in [-0.1, -0.05) is 19.8 Å². The molecule has 0 amide bonds. The molecule has 1 fully saturated rings. The Labute approximate surface area is 85.7 Å². The Bertz CT molecular complexity index is 232. The summed E-state index contributed by atoms with van der Waals surface area (Å²) < 4.78 is 0. The second-order valence-corrected chi connectivity index (χ2v) is 5.24. The third-order valence-electron chi connectivity index (χ3n) is 3.95. The molecule has 0 bridgehead atoms. The van der Waals surface area contributed by atoms with Crippen LogP contribution in [0, 0.1) is 11.3 Å². The first-order valence-electron chi connectivity index (χ1n) is 5.30. The Morgan fingerprint density at radius 3 is 2.50 bits per heavy atom. The minimum Gasteiger partial charge on any atom is -0.481 e. The molecule has 0 saturated heterocycles. The van der Waals surface area contributed by atoms with Crippen LogP contribution in [0.4, 0.5) is 0 Å². The smallest absolute Gasteiger partial charge is 0.303 e. The zero-order valence-corrected chi connectivity index (χ0v) is 9.34. The van der Waals surface area contributed by atoms with E-state index in [0.29, 0.717) is 5.92 Å². The van der Waals surface area contributed by atoms with Gasteiger partial charge in [-0.05, 0) is 26.2 Å². The van der Waals surface area contributed by atoms with Crippen molar-refractivity contribution in [1.29, 1.82) is 0 Å². The van der Waals surface area contributed by atoms with Crippen LogP contribution < -0.4 is 5.73 Å². The summed E-state index contributed by atoms with van der Waals surface area (Å²) in [6, 6.07) is 0. The summed E-state index contributed by atoms with van der Waals surface area (Å²) in [7, 11) is 0. The minimum atomic E-state index is -0.725. The monoisotopic (exact) mass is 199 g/mol. The van der Waals surface area contributed by atoms with E-state index >= 15 is 0 Å². The molecule has 1 saturated carbocycles. The van der Waals surface area contributed by atoms with E-state index in [1.165, 1.54) is 0 Å². The average molecular weight is 199 g/mol. The Morgan fingerprint density at radius 2 is 2.21 bits per heavy atom. The normalized spacial score (nSPS) is 33.3. The molecular weight excluding hydrogens is 178 g/mol. The molecule has 3 nitrogen and oxygen atoms in total. The van der Waals surface area contributed by atoms with Crippen molar-refractivity contribution in [2.45, 2.75) is 52.0 Å². The molecule has 0 aromatic heterocycles. The van der Waals surface area contributed by atoms with Crippen molar-refractivity contribution in [1.82, 2.24) is 0 Å². The molecule has 3 heteroatoms. The lowest BCUT2D eigenvalue weighted by molar-refractivity contribution is -0.141. The van der Waals surface area contributed by atoms with Crippen LogP contribution in [0.1, 0.15) is 46.5 Å².